The van der Waals surface area contributed by atoms with Crippen molar-refractivity contribution in [2.24, 2.45) is 0 Å². The lowest BCUT2D eigenvalue weighted by Gasteiger charge is -2.14. The predicted molar refractivity (Wildman–Crippen MR) is 108 cm³/mol. The van der Waals surface area contributed by atoms with Crippen molar-refractivity contribution in [1.29, 1.82) is 0 Å². The molecular weight excluding hydrogens is 382 g/mol. The van der Waals surface area contributed by atoms with E-state index in [9.17, 15) is 9.59 Å². The molecule has 8 nitrogen and oxygen atoms in total. The van der Waals surface area contributed by atoms with Gasteiger partial charge in [-0.15, -0.1) is 0 Å². The van der Waals surface area contributed by atoms with Gasteiger partial charge >= 0.3 is 0 Å². The highest BCUT2D eigenvalue weighted by Crippen LogP contribution is 2.39. The van der Waals surface area contributed by atoms with Gasteiger partial charge in [0, 0.05) is 17.8 Å². The Morgan fingerprint density at radius 2 is 1.79 bits per heavy atom. The first kappa shape index (κ1) is 19.6. The van der Waals surface area contributed by atoms with Crippen molar-refractivity contribution >= 4 is 34.3 Å². The number of fused-ring (bicyclic) bond motifs is 1. The Morgan fingerprint density at radius 1 is 1.11 bits per heavy atom. The molecule has 3 rings (SSSR count). The van der Waals surface area contributed by atoms with E-state index in [1.165, 1.54) is 21.3 Å². The number of H-pyrrole nitrogens is 1. The average Bonchev–Trinajstić information content (AvgIpc) is 2.71. The standard InChI is InChI=1S/C19H19N3O5S/c1-25-14-8-11(9-15(26-2)17(14)27-3)20-16(23)10-28-19-21-13-7-5-4-6-12(13)18(24)22-19/h4-9H,10H2,1-3H3,(H,20,23)(H,21,22,24). The molecule has 1 amide bonds. The number of rotatable bonds is 7. The molecule has 9 heteroatoms. The van der Waals surface area contributed by atoms with Gasteiger partial charge in [0.2, 0.25) is 11.7 Å². The monoisotopic (exact) mass is 401 g/mol. The molecule has 0 saturated carbocycles. The highest BCUT2D eigenvalue weighted by molar-refractivity contribution is 7.99. The smallest absolute Gasteiger partial charge is 0.259 e. The van der Waals surface area contributed by atoms with E-state index in [4.69, 9.17) is 14.2 Å². The number of aromatic nitrogens is 2. The number of carbonyl (C=O) groups excluding carboxylic acids is 1. The van der Waals surface area contributed by atoms with Crippen molar-refractivity contribution in [3.63, 3.8) is 0 Å². The van der Waals surface area contributed by atoms with Crippen LogP contribution in [0.1, 0.15) is 0 Å². The van der Waals surface area contributed by atoms with Crippen molar-refractivity contribution in [3.8, 4) is 17.2 Å². The first-order valence-electron chi connectivity index (χ1n) is 8.27. The van der Waals surface area contributed by atoms with Crippen LogP contribution in [0, 0.1) is 0 Å². The number of methoxy groups -OCH3 is 3. The van der Waals surface area contributed by atoms with Crippen LogP contribution in [0.3, 0.4) is 0 Å². The van der Waals surface area contributed by atoms with Gasteiger partial charge in [-0.3, -0.25) is 9.59 Å². The van der Waals surface area contributed by atoms with E-state index < -0.39 is 0 Å². The normalized spacial score (nSPS) is 10.5. The Kier molecular flexibility index (Phi) is 6.05. The number of amides is 1. The van der Waals surface area contributed by atoms with Gasteiger partial charge in [0.25, 0.3) is 5.56 Å². The van der Waals surface area contributed by atoms with Gasteiger partial charge in [-0.25, -0.2) is 4.98 Å². The summed E-state index contributed by atoms with van der Waals surface area (Å²) in [5.74, 6) is 1.11. The summed E-state index contributed by atoms with van der Waals surface area (Å²) in [6, 6.07) is 10.3. The number of hydrogen-bond donors (Lipinski definition) is 2. The molecule has 0 spiro atoms. The number of aromatic amines is 1. The zero-order valence-corrected chi connectivity index (χ0v) is 16.4. The van der Waals surface area contributed by atoms with E-state index in [0.29, 0.717) is 39.0 Å². The maximum atomic E-state index is 12.3. The van der Waals surface area contributed by atoms with Gasteiger partial charge in [-0.1, -0.05) is 23.9 Å². The molecule has 0 atom stereocenters. The Hall–Kier alpha value is -3.20. The van der Waals surface area contributed by atoms with E-state index in [1.54, 1.807) is 36.4 Å². The van der Waals surface area contributed by atoms with Crippen molar-refractivity contribution in [2.45, 2.75) is 5.16 Å². The van der Waals surface area contributed by atoms with E-state index in [1.807, 2.05) is 0 Å². The van der Waals surface area contributed by atoms with Crippen molar-refractivity contribution in [3.05, 3.63) is 46.8 Å². The highest BCUT2D eigenvalue weighted by atomic mass is 32.2. The third-order valence-corrected chi connectivity index (χ3v) is 4.75. The molecule has 2 N–H and O–H groups in total. The quantitative estimate of drug-likeness (QED) is 0.463. The van der Waals surface area contributed by atoms with E-state index >= 15 is 0 Å². The largest absolute Gasteiger partial charge is 0.493 e. The Bertz CT molecular complexity index is 1040. The van der Waals surface area contributed by atoms with Gasteiger partial charge in [0.15, 0.2) is 16.7 Å². The SMILES string of the molecule is COc1cc(NC(=O)CSc2nc3ccccc3c(=O)[nH]2)cc(OC)c1OC. The minimum atomic E-state index is -0.268. The lowest BCUT2D eigenvalue weighted by atomic mass is 10.2. The molecule has 0 fully saturated rings. The van der Waals surface area contributed by atoms with E-state index in [0.717, 1.165) is 11.8 Å². The molecule has 0 unspecified atom stereocenters. The minimum Gasteiger partial charge on any atom is -0.493 e. The number of carbonyl (C=O) groups is 1. The fourth-order valence-electron chi connectivity index (χ4n) is 2.62. The van der Waals surface area contributed by atoms with Crippen LogP contribution < -0.4 is 25.1 Å². The van der Waals surface area contributed by atoms with Crippen LogP contribution in [0.15, 0.2) is 46.3 Å². The third kappa shape index (κ3) is 4.20. The molecule has 2 aromatic carbocycles. The van der Waals surface area contributed by atoms with Gasteiger partial charge in [-0.05, 0) is 12.1 Å². The summed E-state index contributed by atoms with van der Waals surface area (Å²) in [4.78, 5) is 31.5. The Labute approximate surface area is 165 Å². The number of ether oxygens (including phenoxy) is 3. The van der Waals surface area contributed by atoms with Gasteiger partial charge in [-0.2, -0.15) is 0 Å². The molecule has 146 valence electrons. The molecule has 0 aliphatic rings. The summed E-state index contributed by atoms with van der Waals surface area (Å²) >= 11 is 1.14. The zero-order chi connectivity index (χ0) is 20.1. The second-order valence-electron chi connectivity index (χ2n) is 5.64. The molecule has 28 heavy (non-hydrogen) atoms. The predicted octanol–water partition coefficient (Wildman–Crippen LogP) is 2.68. The fraction of sp³-hybridized carbons (Fsp3) is 0.211. The molecule has 1 aromatic heterocycles. The number of benzene rings is 2. The van der Waals surface area contributed by atoms with Crippen LogP contribution in [0.5, 0.6) is 17.2 Å². The molecule has 1 heterocycles. The molecule has 0 bridgehead atoms. The summed E-state index contributed by atoms with van der Waals surface area (Å²) in [5.41, 5.74) is 0.844. The van der Waals surface area contributed by atoms with E-state index in [2.05, 4.69) is 15.3 Å². The number of nitrogens with one attached hydrogen (secondary N) is 2. The highest BCUT2D eigenvalue weighted by Gasteiger charge is 2.15. The zero-order valence-electron chi connectivity index (χ0n) is 15.6. The number of thioether (sulfide) groups is 1. The maximum absolute atomic E-state index is 12.3. The fourth-order valence-corrected chi connectivity index (χ4v) is 3.29. The van der Waals surface area contributed by atoms with Crippen molar-refractivity contribution in [1.82, 2.24) is 9.97 Å². The molecule has 0 saturated heterocycles. The van der Waals surface area contributed by atoms with Crippen LogP contribution in [0.25, 0.3) is 10.9 Å². The molecule has 3 aromatic rings. The average molecular weight is 401 g/mol. The number of hydrogen-bond acceptors (Lipinski definition) is 7. The molecule has 0 radical (unpaired) electrons. The lowest BCUT2D eigenvalue weighted by molar-refractivity contribution is -0.113. The molecule has 0 aliphatic carbocycles. The Balaban J connectivity index is 1.72. The number of para-hydroxylation sites is 1. The van der Waals surface area contributed by atoms with E-state index in [-0.39, 0.29) is 17.2 Å². The lowest BCUT2D eigenvalue weighted by Crippen LogP contribution is -2.15. The van der Waals surface area contributed by atoms with Gasteiger partial charge in [0.1, 0.15) is 0 Å². The second kappa shape index (κ2) is 8.66. The van der Waals surface area contributed by atoms with Gasteiger partial charge < -0.3 is 24.5 Å². The first-order chi connectivity index (χ1) is 13.5. The summed E-state index contributed by atoms with van der Waals surface area (Å²) < 4.78 is 15.8. The maximum Gasteiger partial charge on any atom is 0.259 e. The Morgan fingerprint density at radius 3 is 2.43 bits per heavy atom. The van der Waals surface area contributed by atoms with Crippen LogP contribution in [-0.4, -0.2) is 43.0 Å². The van der Waals surface area contributed by atoms with Crippen molar-refractivity contribution < 1.29 is 19.0 Å². The topological polar surface area (TPSA) is 103 Å². The number of nitrogens with zero attached hydrogens (tertiary/aromatic N) is 1. The first-order valence-corrected chi connectivity index (χ1v) is 9.26. The summed E-state index contributed by atoms with van der Waals surface area (Å²) in [6.45, 7) is 0. The molecular formula is C19H19N3O5S. The summed E-state index contributed by atoms with van der Waals surface area (Å²) in [7, 11) is 4.51. The van der Waals surface area contributed by atoms with Crippen LogP contribution in [-0.2, 0) is 4.79 Å². The van der Waals surface area contributed by atoms with Crippen LogP contribution >= 0.6 is 11.8 Å². The van der Waals surface area contributed by atoms with Crippen molar-refractivity contribution in [2.75, 3.05) is 32.4 Å². The van der Waals surface area contributed by atoms with Gasteiger partial charge in [0.05, 0.1) is 38.0 Å². The summed E-state index contributed by atoms with van der Waals surface area (Å²) in [6.07, 6.45) is 0. The third-order valence-electron chi connectivity index (χ3n) is 3.88. The second-order valence-corrected chi connectivity index (χ2v) is 6.60. The summed E-state index contributed by atoms with van der Waals surface area (Å²) in [5, 5.41) is 3.66. The number of anilines is 1. The minimum absolute atomic E-state index is 0.0674. The molecule has 0 aliphatic heterocycles. The van der Waals surface area contributed by atoms with Crippen LogP contribution in [0.4, 0.5) is 5.69 Å². The van der Waals surface area contributed by atoms with Crippen LogP contribution in [0.2, 0.25) is 0 Å².